The van der Waals surface area contributed by atoms with Gasteiger partial charge in [-0.05, 0) is 29.0 Å². The molecule has 0 unspecified atom stereocenters. The van der Waals surface area contributed by atoms with Gasteiger partial charge in [0.15, 0.2) is 17.5 Å². The number of benzene rings is 5. The van der Waals surface area contributed by atoms with Crippen molar-refractivity contribution in [2.45, 2.75) is 6.92 Å². The molecule has 0 aliphatic carbocycles. The Morgan fingerprint density at radius 2 is 0.756 bits per heavy atom. The lowest BCUT2D eigenvalue weighted by Gasteiger charge is -2.10. The number of pyridine rings is 1. The molecular weight excluding hydrogens is 500 g/mol. The monoisotopic (exact) mass is 526 g/mol. The summed E-state index contributed by atoms with van der Waals surface area (Å²) in [5, 5.41) is 2.41. The van der Waals surface area contributed by atoms with Crippen LogP contribution in [0.4, 0.5) is 0 Å². The summed E-state index contributed by atoms with van der Waals surface area (Å²) in [4.78, 5) is 19.1. The van der Waals surface area contributed by atoms with Crippen LogP contribution in [0.3, 0.4) is 0 Å². The number of aryl methyl sites for hydroxylation is 1. The molecule has 4 heteroatoms. The van der Waals surface area contributed by atoms with Gasteiger partial charge in [0.05, 0.1) is 0 Å². The summed E-state index contributed by atoms with van der Waals surface area (Å²) in [6.07, 6.45) is 1.98. The Labute approximate surface area is 239 Å². The van der Waals surface area contributed by atoms with Crippen molar-refractivity contribution < 1.29 is 0 Å². The van der Waals surface area contributed by atoms with E-state index >= 15 is 0 Å². The van der Waals surface area contributed by atoms with Gasteiger partial charge in [-0.1, -0.05) is 133 Å². The van der Waals surface area contributed by atoms with Crippen molar-refractivity contribution in [3.63, 3.8) is 0 Å². The predicted molar refractivity (Wildman–Crippen MR) is 167 cm³/mol. The van der Waals surface area contributed by atoms with Crippen molar-refractivity contribution in [1.82, 2.24) is 19.9 Å². The van der Waals surface area contributed by atoms with Crippen LogP contribution in [-0.4, -0.2) is 19.9 Å². The van der Waals surface area contributed by atoms with Crippen molar-refractivity contribution in [3.8, 4) is 56.4 Å². The number of rotatable bonds is 5. The molecule has 194 valence electrons. The Hall–Kier alpha value is -5.48. The highest BCUT2D eigenvalue weighted by atomic mass is 15.0. The molecule has 0 bridgehead atoms. The van der Waals surface area contributed by atoms with E-state index in [1.807, 2.05) is 66.9 Å². The van der Waals surface area contributed by atoms with Gasteiger partial charge in [0.2, 0.25) is 0 Å². The maximum atomic E-state index is 4.85. The maximum Gasteiger partial charge on any atom is 0.164 e. The number of hydrogen-bond acceptors (Lipinski definition) is 4. The van der Waals surface area contributed by atoms with Crippen molar-refractivity contribution in [3.05, 3.63) is 145 Å². The van der Waals surface area contributed by atoms with E-state index in [0.29, 0.717) is 17.5 Å². The predicted octanol–water partition coefficient (Wildman–Crippen LogP) is 9.06. The molecule has 0 saturated heterocycles. The summed E-state index contributed by atoms with van der Waals surface area (Å²) < 4.78 is 0. The SMILES string of the molecule is Cc1ncc(-c2ccc(-c3ccc(-c4nc(-c5ccccc5)nc(-c5ccccc5)n4)cc3)cc2)c2ccccc12. The van der Waals surface area contributed by atoms with Gasteiger partial charge in [-0.25, -0.2) is 15.0 Å². The molecule has 7 rings (SSSR count). The van der Waals surface area contributed by atoms with Crippen LogP contribution in [0.1, 0.15) is 5.69 Å². The lowest BCUT2D eigenvalue weighted by Crippen LogP contribution is -2.00. The van der Waals surface area contributed by atoms with Gasteiger partial charge < -0.3 is 0 Å². The van der Waals surface area contributed by atoms with E-state index in [0.717, 1.165) is 44.6 Å². The van der Waals surface area contributed by atoms with Crippen LogP contribution in [0.15, 0.2) is 140 Å². The third-order valence-electron chi connectivity index (χ3n) is 7.37. The van der Waals surface area contributed by atoms with Gasteiger partial charge in [0.1, 0.15) is 0 Å². The lowest BCUT2D eigenvalue weighted by molar-refractivity contribution is 1.07. The van der Waals surface area contributed by atoms with E-state index in [1.54, 1.807) is 0 Å². The summed E-state index contributed by atoms with van der Waals surface area (Å²) >= 11 is 0. The molecule has 0 N–H and O–H groups in total. The molecule has 2 aromatic heterocycles. The quantitative estimate of drug-likeness (QED) is 0.224. The van der Waals surface area contributed by atoms with E-state index < -0.39 is 0 Å². The maximum absolute atomic E-state index is 4.85. The lowest BCUT2D eigenvalue weighted by atomic mass is 9.97. The average molecular weight is 527 g/mol. The zero-order valence-electron chi connectivity index (χ0n) is 22.6. The molecule has 41 heavy (non-hydrogen) atoms. The Bertz CT molecular complexity index is 1910. The number of fused-ring (bicyclic) bond motifs is 1. The molecule has 0 aliphatic heterocycles. The third kappa shape index (κ3) is 4.88. The molecule has 2 heterocycles. The van der Waals surface area contributed by atoms with E-state index in [4.69, 9.17) is 15.0 Å². The summed E-state index contributed by atoms with van der Waals surface area (Å²) in [7, 11) is 0. The Kier molecular flexibility index (Phi) is 6.34. The average Bonchev–Trinajstić information content (AvgIpc) is 3.06. The van der Waals surface area contributed by atoms with Crippen LogP contribution in [-0.2, 0) is 0 Å². The first kappa shape index (κ1) is 24.6. The number of nitrogens with zero attached hydrogens (tertiary/aromatic N) is 4. The molecule has 0 atom stereocenters. The van der Waals surface area contributed by atoms with Crippen LogP contribution in [0.2, 0.25) is 0 Å². The zero-order chi connectivity index (χ0) is 27.6. The van der Waals surface area contributed by atoms with Gasteiger partial charge in [0.25, 0.3) is 0 Å². The van der Waals surface area contributed by atoms with E-state index in [1.165, 1.54) is 10.8 Å². The van der Waals surface area contributed by atoms with E-state index in [2.05, 4.69) is 84.7 Å². The molecule has 0 fully saturated rings. The van der Waals surface area contributed by atoms with E-state index in [9.17, 15) is 0 Å². The molecule has 4 nitrogen and oxygen atoms in total. The fraction of sp³-hybridized carbons (Fsp3) is 0.0270. The topological polar surface area (TPSA) is 51.6 Å². The van der Waals surface area contributed by atoms with Crippen molar-refractivity contribution in [2.24, 2.45) is 0 Å². The van der Waals surface area contributed by atoms with Crippen molar-refractivity contribution in [1.29, 1.82) is 0 Å². The highest BCUT2D eigenvalue weighted by Gasteiger charge is 2.13. The molecule has 0 radical (unpaired) electrons. The largest absolute Gasteiger partial charge is 0.260 e. The van der Waals surface area contributed by atoms with Gasteiger partial charge >= 0.3 is 0 Å². The molecule has 0 amide bonds. The minimum atomic E-state index is 0.651. The highest BCUT2D eigenvalue weighted by Crippen LogP contribution is 2.32. The standard InChI is InChI=1S/C37H26N4/c1-25-32-14-8-9-15-33(32)34(24-38-25)28-20-16-26(17-21-28)27-18-22-31(23-19-27)37-40-35(29-10-4-2-5-11-29)39-36(41-37)30-12-6-3-7-13-30/h2-24H,1H3. The van der Waals surface area contributed by atoms with Crippen molar-refractivity contribution >= 4 is 10.8 Å². The normalized spacial score (nSPS) is 11.0. The van der Waals surface area contributed by atoms with Gasteiger partial charge in [-0.3, -0.25) is 4.98 Å². The second-order valence-electron chi connectivity index (χ2n) is 10.00. The fourth-order valence-corrected chi connectivity index (χ4v) is 5.16. The van der Waals surface area contributed by atoms with Crippen LogP contribution in [0.5, 0.6) is 0 Å². The van der Waals surface area contributed by atoms with Crippen LogP contribution in [0, 0.1) is 6.92 Å². The van der Waals surface area contributed by atoms with Crippen LogP contribution < -0.4 is 0 Å². The zero-order valence-corrected chi connectivity index (χ0v) is 22.6. The molecule has 7 aromatic rings. The summed E-state index contributed by atoms with van der Waals surface area (Å²) in [5.41, 5.74) is 8.49. The van der Waals surface area contributed by atoms with Gasteiger partial charge in [0, 0.05) is 39.5 Å². The molecule has 0 saturated carbocycles. The smallest absolute Gasteiger partial charge is 0.164 e. The first-order valence-corrected chi connectivity index (χ1v) is 13.7. The Balaban J connectivity index is 1.22. The van der Waals surface area contributed by atoms with Crippen LogP contribution >= 0.6 is 0 Å². The fourth-order valence-electron chi connectivity index (χ4n) is 5.16. The first-order chi connectivity index (χ1) is 20.2. The molecule has 5 aromatic carbocycles. The highest BCUT2D eigenvalue weighted by molar-refractivity contribution is 5.97. The van der Waals surface area contributed by atoms with Crippen molar-refractivity contribution in [2.75, 3.05) is 0 Å². The summed E-state index contributed by atoms with van der Waals surface area (Å²) in [6, 6.07) is 45.6. The summed E-state index contributed by atoms with van der Waals surface area (Å²) in [6.45, 7) is 2.06. The second kappa shape index (κ2) is 10.6. The Morgan fingerprint density at radius 1 is 0.366 bits per heavy atom. The van der Waals surface area contributed by atoms with Gasteiger partial charge in [-0.2, -0.15) is 0 Å². The molecule has 0 spiro atoms. The minimum Gasteiger partial charge on any atom is -0.260 e. The first-order valence-electron chi connectivity index (χ1n) is 13.7. The summed E-state index contributed by atoms with van der Waals surface area (Å²) in [5.74, 6) is 1.97. The van der Waals surface area contributed by atoms with Gasteiger partial charge in [-0.15, -0.1) is 0 Å². The Morgan fingerprint density at radius 3 is 1.27 bits per heavy atom. The number of hydrogen-bond donors (Lipinski definition) is 0. The number of aromatic nitrogens is 4. The second-order valence-corrected chi connectivity index (χ2v) is 10.00. The van der Waals surface area contributed by atoms with E-state index in [-0.39, 0.29) is 0 Å². The minimum absolute atomic E-state index is 0.651. The van der Waals surface area contributed by atoms with Crippen LogP contribution in [0.25, 0.3) is 67.2 Å². The third-order valence-corrected chi connectivity index (χ3v) is 7.37. The molecular formula is C37H26N4. The molecule has 0 aliphatic rings.